The lowest BCUT2D eigenvalue weighted by atomic mass is 10.0. The van der Waals surface area contributed by atoms with Gasteiger partial charge in [0.2, 0.25) is 0 Å². The van der Waals surface area contributed by atoms with Crippen LogP contribution in [0.5, 0.6) is 0 Å². The first-order valence-electron chi connectivity index (χ1n) is 10.2. The molecule has 1 aromatic heterocycles. The smallest absolute Gasteiger partial charge is 0.159 e. The molecule has 27 heavy (non-hydrogen) atoms. The summed E-state index contributed by atoms with van der Waals surface area (Å²) in [6.45, 7) is 8.21. The fourth-order valence-electron chi connectivity index (χ4n) is 4.60. The Kier molecular flexibility index (Phi) is 4.68. The van der Waals surface area contributed by atoms with E-state index in [1.54, 1.807) is 0 Å². The van der Waals surface area contributed by atoms with Gasteiger partial charge in [-0.3, -0.25) is 9.80 Å². The van der Waals surface area contributed by atoms with Gasteiger partial charge in [-0.2, -0.15) is 0 Å². The third-order valence-corrected chi connectivity index (χ3v) is 6.19. The molecule has 2 saturated heterocycles. The van der Waals surface area contributed by atoms with Crippen molar-refractivity contribution < 1.29 is 4.74 Å². The van der Waals surface area contributed by atoms with Crippen molar-refractivity contribution >= 4 is 0 Å². The van der Waals surface area contributed by atoms with E-state index in [-0.39, 0.29) is 0 Å². The molecule has 0 radical (unpaired) electrons. The molecular weight excluding hydrogens is 336 g/mol. The zero-order valence-corrected chi connectivity index (χ0v) is 16.1. The number of hydrogen-bond acceptors (Lipinski definition) is 5. The van der Waals surface area contributed by atoms with Gasteiger partial charge in [0.1, 0.15) is 0 Å². The largest absolute Gasteiger partial charge is 0.378 e. The van der Waals surface area contributed by atoms with Crippen LogP contribution in [0.4, 0.5) is 0 Å². The van der Waals surface area contributed by atoms with Crippen LogP contribution in [0.15, 0.2) is 36.7 Å². The van der Waals surface area contributed by atoms with E-state index in [2.05, 4.69) is 51.0 Å². The predicted molar refractivity (Wildman–Crippen MR) is 105 cm³/mol. The number of hydrogen-bond donors (Lipinski definition) is 0. The van der Waals surface area contributed by atoms with Crippen LogP contribution in [0.2, 0.25) is 0 Å². The minimum absolute atomic E-state index is 0.547. The van der Waals surface area contributed by atoms with E-state index in [0.717, 1.165) is 56.7 Å². The monoisotopic (exact) mass is 364 g/mol. The van der Waals surface area contributed by atoms with E-state index in [0.29, 0.717) is 12.1 Å². The van der Waals surface area contributed by atoms with E-state index < -0.39 is 0 Å². The molecule has 1 saturated carbocycles. The van der Waals surface area contributed by atoms with Gasteiger partial charge in [-0.1, -0.05) is 23.8 Å². The Morgan fingerprint density at radius 2 is 1.96 bits per heavy atom. The molecule has 142 valence electrons. The van der Waals surface area contributed by atoms with E-state index >= 15 is 0 Å². The van der Waals surface area contributed by atoms with Gasteiger partial charge in [0.05, 0.1) is 13.2 Å². The Bertz CT molecular complexity index is 789. The van der Waals surface area contributed by atoms with Gasteiger partial charge >= 0.3 is 0 Å². The second-order valence-electron chi connectivity index (χ2n) is 8.35. The predicted octanol–water partition coefficient (Wildman–Crippen LogP) is 2.75. The van der Waals surface area contributed by atoms with Gasteiger partial charge in [-0.15, -0.1) is 0 Å². The van der Waals surface area contributed by atoms with Crippen molar-refractivity contribution in [1.29, 1.82) is 0 Å². The standard InChI is InChI=1S/C22H28N4O/c1-16-3-2-4-19(9-16)22-23-10-17(11-24-22)12-25-7-8-26-20(13-25)14-27-15-21(26)18-5-6-18/h2-4,9-11,18,20-21H,5-8,12-15H2,1H3/t20-,21-/m1/s1. The zero-order valence-electron chi connectivity index (χ0n) is 16.1. The van der Waals surface area contributed by atoms with Gasteiger partial charge in [0, 0.05) is 61.8 Å². The highest BCUT2D eigenvalue weighted by molar-refractivity contribution is 5.55. The number of piperazine rings is 1. The minimum Gasteiger partial charge on any atom is -0.378 e. The summed E-state index contributed by atoms with van der Waals surface area (Å²) in [6, 6.07) is 9.57. The second-order valence-corrected chi connectivity index (χ2v) is 8.35. The molecule has 5 heteroatoms. The van der Waals surface area contributed by atoms with Crippen LogP contribution in [0.25, 0.3) is 11.4 Å². The number of morpholine rings is 1. The molecule has 3 fully saturated rings. The molecule has 0 N–H and O–H groups in total. The molecule has 0 bridgehead atoms. The molecule has 2 aliphatic heterocycles. The molecule has 3 heterocycles. The number of nitrogens with zero attached hydrogens (tertiary/aromatic N) is 4. The van der Waals surface area contributed by atoms with E-state index in [4.69, 9.17) is 4.74 Å². The van der Waals surface area contributed by atoms with Gasteiger partial charge in [0.25, 0.3) is 0 Å². The second kappa shape index (κ2) is 7.30. The van der Waals surface area contributed by atoms with Crippen LogP contribution in [-0.2, 0) is 11.3 Å². The SMILES string of the molecule is Cc1cccc(-c2ncc(CN3CCN4[C@@H](COC[C@@H]4C4CC4)C3)cn2)c1. The molecule has 3 aliphatic rings. The maximum Gasteiger partial charge on any atom is 0.159 e. The molecule has 2 atom stereocenters. The number of benzene rings is 1. The molecular formula is C22H28N4O. The third kappa shape index (κ3) is 3.77. The van der Waals surface area contributed by atoms with Crippen LogP contribution in [0.3, 0.4) is 0 Å². The van der Waals surface area contributed by atoms with Crippen molar-refractivity contribution in [3.8, 4) is 11.4 Å². The Morgan fingerprint density at radius 3 is 2.74 bits per heavy atom. The summed E-state index contributed by atoms with van der Waals surface area (Å²) in [7, 11) is 0. The number of ether oxygens (including phenoxy) is 1. The number of aromatic nitrogens is 2. The molecule has 0 amide bonds. The summed E-state index contributed by atoms with van der Waals surface area (Å²) in [4.78, 5) is 14.5. The summed E-state index contributed by atoms with van der Waals surface area (Å²) in [5.74, 6) is 1.70. The Labute approximate surface area is 161 Å². The quantitative estimate of drug-likeness (QED) is 0.834. The maximum absolute atomic E-state index is 5.93. The summed E-state index contributed by atoms with van der Waals surface area (Å²) in [5.41, 5.74) is 3.51. The number of rotatable bonds is 4. The fourth-order valence-corrected chi connectivity index (χ4v) is 4.60. The topological polar surface area (TPSA) is 41.5 Å². The normalized spacial score (nSPS) is 26.7. The van der Waals surface area contributed by atoms with Gasteiger partial charge < -0.3 is 4.74 Å². The van der Waals surface area contributed by atoms with Crippen molar-refractivity contribution in [3.63, 3.8) is 0 Å². The lowest BCUT2D eigenvalue weighted by Crippen LogP contribution is -2.62. The molecule has 2 aromatic rings. The lowest BCUT2D eigenvalue weighted by Gasteiger charge is -2.48. The van der Waals surface area contributed by atoms with Crippen molar-refractivity contribution in [2.45, 2.75) is 38.4 Å². The highest BCUT2D eigenvalue weighted by atomic mass is 16.5. The first kappa shape index (κ1) is 17.3. The maximum atomic E-state index is 5.93. The fraction of sp³-hybridized carbons (Fsp3) is 0.545. The van der Waals surface area contributed by atoms with Crippen LogP contribution in [0.1, 0.15) is 24.0 Å². The van der Waals surface area contributed by atoms with Crippen molar-refractivity contribution in [3.05, 3.63) is 47.8 Å². The van der Waals surface area contributed by atoms with Crippen LogP contribution in [0, 0.1) is 12.8 Å². The number of aryl methyl sites for hydroxylation is 1. The first-order valence-corrected chi connectivity index (χ1v) is 10.2. The molecule has 5 nitrogen and oxygen atoms in total. The summed E-state index contributed by atoms with van der Waals surface area (Å²) in [6.07, 6.45) is 6.76. The Morgan fingerprint density at radius 1 is 1.11 bits per heavy atom. The van der Waals surface area contributed by atoms with Crippen LogP contribution < -0.4 is 0 Å². The minimum atomic E-state index is 0.547. The lowest BCUT2D eigenvalue weighted by molar-refractivity contribution is -0.0880. The summed E-state index contributed by atoms with van der Waals surface area (Å²) >= 11 is 0. The Hall–Kier alpha value is -1.82. The highest BCUT2D eigenvalue weighted by Gasteiger charge is 2.42. The third-order valence-electron chi connectivity index (χ3n) is 6.19. The van der Waals surface area contributed by atoms with Crippen molar-refractivity contribution in [2.24, 2.45) is 5.92 Å². The molecule has 0 unspecified atom stereocenters. The van der Waals surface area contributed by atoms with Crippen molar-refractivity contribution in [1.82, 2.24) is 19.8 Å². The van der Waals surface area contributed by atoms with Gasteiger partial charge in [-0.25, -0.2) is 9.97 Å². The summed E-state index contributed by atoms with van der Waals surface area (Å²) < 4.78 is 5.93. The van der Waals surface area contributed by atoms with E-state index in [9.17, 15) is 0 Å². The number of fused-ring (bicyclic) bond motifs is 1. The van der Waals surface area contributed by atoms with Gasteiger partial charge in [-0.05, 0) is 31.7 Å². The Balaban J connectivity index is 1.22. The average Bonchev–Trinajstić information content (AvgIpc) is 3.53. The van der Waals surface area contributed by atoms with Crippen molar-refractivity contribution in [2.75, 3.05) is 32.8 Å². The summed E-state index contributed by atoms with van der Waals surface area (Å²) in [5, 5.41) is 0. The molecule has 5 rings (SSSR count). The molecule has 0 spiro atoms. The average molecular weight is 364 g/mol. The zero-order chi connectivity index (χ0) is 18.2. The molecule has 1 aliphatic carbocycles. The van der Waals surface area contributed by atoms with Crippen LogP contribution in [-0.4, -0.2) is 64.7 Å². The first-order chi connectivity index (χ1) is 13.3. The molecule has 1 aromatic carbocycles. The van der Waals surface area contributed by atoms with Crippen LogP contribution >= 0.6 is 0 Å². The highest BCUT2D eigenvalue weighted by Crippen LogP contribution is 2.38. The van der Waals surface area contributed by atoms with Gasteiger partial charge in [0.15, 0.2) is 5.82 Å². The van der Waals surface area contributed by atoms with E-state index in [1.165, 1.54) is 24.0 Å². The van der Waals surface area contributed by atoms with E-state index in [1.807, 2.05) is 12.4 Å².